The van der Waals surface area contributed by atoms with E-state index in [-0.39, 0.29) is 23.7 Å². The van der Waals surface area contributed by atoms with Gasteiger partial charge < -0.3 is 10.2 Å². The van der Waals surface area contributed by atoms with Gasteiger partial charge in [-0.3, -0.25) is 19.7 Å². The molecule has 26 heavy (non-hydrogen) atoms. The quantitative estimate of drug-likeness (QED) is 0.640. The Morgan fingerprint density at radius 1 is 1.38 bits per heavy atom. The number of nitrogens with zero attached hydrogens (tertiary/aromatic N) is 3. The topological polar surface area (TPSA) is 105 Å². The third-order valence-electron chi connectivity index (χ3n) is 4.35. The molecule has 0 unspecified atom stereocenters. The van der Waals surface area contributed by atoms with Crippen LogP contribution in [0.25, 0.3) is 0 Å². The third kappa shape index (κ3) is 4.21. The highest BCUT2D eigenvalue weighted by molar-refractivity contribution is 8.15. The first-order valence-corrected chi connectivity index (χ1v) is 9.41. The summed E-state index contributed by atoms with van der Waals surface area (Å²) in [5.41, 5.74) is 0.711. The number of amides is 2. The van der Waals surface area contributed by atoms with Crippen LogP contribution in [-0.4, -0.2) is 45.1 Å². The number of nitrogens with one attached hydrogen (secondary N) is 1. The number of aryl methyl sites for hydroxylation is 1. The lowest BCUT2D eigenvalue weighted by Crippen LogP contribution is -2.33. The van der Waals surface area contributed by atoms with Gasteiger partial charge >= 0.3 is 0 Å². The van der Waals surface area contributed by atoms with Crippen LogP contribution in [0, 0.1) is 17.0 Å². The number of benzene rings is 1. The van der Waals surface area contributed by atoms with E-state index in [2.05, 4.69) is 15.2 Å². The van der Waals surface area contributed by atoms with E-state index in [4.69, 9.17) is 0 Å². The molecule has 2 aliphatic rings. The molecule has 1 saturated heterocycles. The van der Waals surface area contributed by atoms with Gasteiger partial charge in [-0.1, -0.05) is 17.8 Å². The summed E-state index contributed by atoms with van der Waals surface area (Å²) in [5.74, 6) is -0.748. The molecule has 3 rings (SSSR count). The van der Waals surface area contributed by atoms with Gasteiger partial charge in [0, 0.05) is 25.6 Å². The molecule has 1 atom stereocenters. The first-order chi connectivity index (χ1) is 12.4. The Labute approximate surface area is 155 Å². The normalized spacial score (nSPS) is 20.0. The Kier molecular flexibility index (Phi) is 5.55. The van der Waals surface area contributed by atoms with Gasteiger partial charge in [0.15, 0.2) is 5.17 Å². The van der Waals surface area contributed by atoms with Gasteiger partial charge in [0.25, 0.3) is 11.6 Å². The number of piperidine rings is 1. The molecule has 2 aliphatic heterocycles. The number of carbonyl (C=O) groups is 2. The molecule has 0 radical (unpaired) electrons. The lowest BCUT2D eigenvalue weighted by Gasteiger charge is -2.27. The average molecular weight is 376 g/mol. The number of amidine groups is 1. The number of anilines is 1. The standard InChI is InChI=1S/C17H20N4O4S/c1-11-5-6-12(13(9-11)21(24)25)18-15(22)10-14-16(23)19-17(26-14)20-7-3-2-4-8-20/h5-6,9,14H,2-4,7-8,10H2,1H3,(H,18,22)/t14-/m0/s1. The molecule has 9 heteroatoms. The zero-order valence-electron chi connectivity index (χ0n) is 14.4. The molecule has 1 fully saturated rings. The molecule has 138 valence electrons. The van der Waals surface area contributed by atoms with E-state index in [9.17, 15) is 19.7 Å². The number of hydrogen-bond donors (Lipinski definition) is 1. The van der Waals surface area contributed by atoms with Gasteiger partial charge in [0.2, 0.25) is 5.91 Å². The fourth-order valence-electron chi connectivity index (χ4n) is 3.00. The van der Waals surface area contributed by atoms with Gasteiger partial charge in [-0.15, -0.1) is 0 Å². The van der Waals surface area contributed by atoms with Crippen molar-refractivity contribution in [1.82, 2.24) is 4.90 Å². The van der Waals surface area contributed by atoms with Crippen LogP contribution in [-0.2, 0) is 9.59 Å². The second-order valence-corrected chi connectivity index (χ2v) is 7.59. The zero-order valence-corrected chi connectivity index (χ0v) is 15.3. The molecule has 0 bridgehead atoms. The van der Waals surface area contributed by atoms with Crippen molar-refractivity contribution in [2.24, 2.45) is 4.99 Å². The molecule has 0 spiro atoms. The molecule has 0 saturated carbocycles. The third-order valence-corrected chi connectivity index (χ3v) is 5.56. The smallest absolute Gasteiger partial charge is 0.293 e. The summed E-state index contributed by atoms with van der Waals surface area (Å²) in [6, 6.07) is 4.60. The van der Waals surface area contributed by atoms with Crippen molar-refractivity contribution in [1.29, 1.82) is 0 Å². The van der Waals surface area contributed by atoms with E-state index in [0.29, 0.717) is 5.17 Å². The largest absolute Gasteiger partial charge is 0.351 e. The molecular formula is C17H20N4O4S. The van der Waals surface area contributed by atoms with Gasteiger partial charge in [-0.05, 0) is 37.8 Å². The summed E-state index contributed by atoms with van der Waals surface area (Å²) in [5, 5.41) is 13.8. The molecular weight excluding hydrogens is 356 g/mol. The summed E-state index contributed by atoms with van der Waals surface area (Å²) in [4.78, 5) is 41.2. The van der Waals surface area contributed by atoms with Crippen molar-refractivity contribution < 1.29 is 14.5 Å². The number of rotatable bonds is 4. The van der Waals surface area contributed by atoms with E-state index < -0.39 is 16.1 Å². The Hall–Kier alpha value is -2.42. The molecule has 1 aromatic carbocycles. The minimum Gasteiger partial charge on any atom is -0.351 e. The molecule has 2 heterocycles. The monoisotopic (exact) mass is 376 g/mol. The number of carbonyl (C=O) groups excluding carboxylic acids is 2. The van der Waals surface area contributed by atoms with Crippen LogP contribution in [0.15, 0.2) is 23.2 Å². The molecule has 1 aromatic rings. The van der Waals surface area contributed by atoms with Crippen LogP contribution in [0.3, 0.4) is 0 Å². The number of aliphatic imine (C=N–C) groups is 1. The number of nitro benzene ring substituents is 1. The second kappa shape index (κ2) is 7.86. The molecule has 8 nitrogen and oxygen atoms in total. The lowest BCUT2D eigenvalue weighted by atomic mass is 10.1. The molecule has 2 amide bonds. The first-order valence-electron chi connectivity index (χ1n) is 8.53. The predicted molar refractivity (Wildman–Crippen MR) is 100 cm³/mol. The Morgan fingerprint density at radius 2 is 2.12 bits per heavy atom. The minimum absolute atomic E-state index is 0.0601. The second-order valence-electron chi connectivity index (χ2n) is 6.42. The lowest BCUT2D eigenvalue weighted by molar-refractivity contribution is -0.384. The van der Waals surface area contributed by atoms with Crippen molar-refractivity contribution in [2.45, 2.75) is 37.9 Å². The van der Waals surface area contributed by atoms with Gasteiger partial charge in [-0.25, -0.2) is 0 Å². The Balaban J connectivity index is 1.61. The summed E-state index contributed by atoms with van der Waals surface area (Å²) in [7, 11) is 0. The van der Waals surface area contributed by atoms with Crippen LogP contribution >= 0.6 is 11.8 Å². The highest BCUT2D eigenvalue weighted by Gasteiger charge is 2.33. The van der Waals surface area contributed by atoms with E-state index in [1.54, 1.807) is 13.0 Å². The fourth-order valence-corrected chi connectivity index (χ4v) is 4.11. The molecule has 1 N–H and O–H groups in total. The SMILES string of the molecule is Cc1ccc(NC(=O)C[C@@H]2SC(N3CCCCC3)=NC2=O)c([N+](=O)[O-])c1. The van der Waals surface area contributed by atoms with Crippen molar-refractivity contribution in [2.75, 3.05) is 18.4 Å². The summed E-state index contributed by atoms with van der Waals surface area (Å²) in [6.45, 7) is 3.51. The minimum atomic E-state index is -0.573. The number of likely N-dealkylation sites (tertiary alicyclic amines) is 1. The Bertz CT molecular complexity index is 774. The van der Waals surface area contributed by atoms with Crippen molar-refractivity contribution in [3.05, 3.63) is 33.9 Å². The fraction of sp³-hybridized carbons (Fsp3) is 0.471. The van der Waals surface area contributed by atoms with Gasteiger partial charge in [0.05, 0.1) is 4.92 Å². The van der Waals surface area contributed by atoms with Crippen molar-refractivity contribution in [3.63, 3.8) is 0 Å². The van der Waals surface area contributed by atoms with E-state index in [1.807, 2.05) is 0 Å². The maximum atomic E-state index is 12.3. The first kappa shape index (κ1) is 18.4. The molecule has 0 aromatic heterocycles. The van der Waals surface area contributed by atoms with Gasteiger partial charge in [0.1, 0.15) is 10.9 Å². The summed E-state index contributed by atoms with van der Waals surface area (Å²) < 4.78 is 0. The summed E-state index contributed by atoms with van der Waals surface area (Å²) in [6.07, 6.45) is 3.28. The number of hydrogen-bond acceptors (Lipinski definition) is 6. The van der Waals surface area contributed by atoms with E-state index in [1.165, 1.54) is 30.3 Å². The zero-order chi connectivity index (χ0) is 18.7. The maximum Gasteiger partial charge on any atom is 0.293 e. The van der Waals surface area contributed by atoms with Crippen molar-refractivity contribution >= 4 is 40.1 Å². The maximum absolute atomic E-state index is 12.3. The number of thioether (sulfide) groups is 1. The van der Waals surface area contributed by atoms with Crippen molar-refractivity contribution in [3.8, 4) is 0 Å². The van der Waals surface area contributed by atoms with Crippen LogP contribution in [0.4, 0.5) is 11.4 Å². The van der Waals surface area contributed by atoms with Crippen LogP contribution < -0.4 is 5.32 Å². The summed E-state index contributed by atoms with van der Waals surface area (Å²) >= 11 is 1.31. The van der Waals surface area contributed by atoms with Crippen LogP contribution in [0.5, 0.6) is 0 Å². The van der Waals surface area contributed by atoms with Crippen LogP contribution in [0.1, 0.15) is 31.2 Å². The van der Waals surface area contributed by atoms with Gasteiger partial charge in [-0.2, -0.15) is 4.99 Å². The van der Waals surface area contributed by atoms with Crippen LogP contribution in [0.2, 0.25) is 0 Å². The number of nitro groups is 1. The van der Waals surface area contributed by atoms with E-state index >= 15 is 0 Å². The highest BCUT2D eigenvalue weighted by Crippen LogP contribution is 2.30. The average Bonchev–Trinajstić information content (AvgIpc) is 2.97. The van der Waals surface area contributed by atoms with E-state index in [0.717, 1.165) is 31.5 Å². The Morgan fingerprint density at radius 3 is 2.81 bits per heavy atom. The molecule has 0 aliphatic carbocycles. The highest BCUT2D eigenvalue weighted by atomic mass is 32.2. The predicted octanol–water partition coefficient (Wildman–Crippen LogP) is 2.72.